The second-order valence-corrected chi connectivity index (χ2v) is 6.65. The number of sulfonamides is 1. The van der Waals surface area contributed by atoms with Crippen molar-refractivity contribution in [2.75, 3.05) is 13.7 Å². The van der Waals surface area contributed by atoms with Gasteiger partial charge >= 0.3 is 0 Å². The lowest BCUT2D eigenvalue weighted by Gasteiger charge is -2.12. The van der Waals surface area contributed by atoms with Gasteiger partial charge in [-0.25, -0.2) is 13.1 Å². The van der Waals surface area contributed by atoms with E-state index in [0.29, 0.717) is 18.2 Å². The molecule has 0 atom stereocenters. The van der Waals surface area contributed by atoms with E-state index in [2.05, 4.69) is 18.6 Å². The van der Waals surface area contributed by atoms with E-state index in [0.717, 1.165) is 18.4 Å². The molecule has 0 radical (unpaired) electrons. The van der Waals surface area contributed by atoms with E-state index in [4.69, 9.17) is 4.74 Å². The van der Waals surface area contributed by atoms with Crippen LogP contribution in [0.4, 0.5) is 0 Å². The number of methoxy groups -OCH3 is 1. The molecule has 0 amide bonds. The molecule has 0 spiro atoms. The summed E-state index contributed by atoms with van der Waals surface area (Å²) in [6, 6.07) is 5.26. The first-order valence-electron chi connectivity index (χ1n) is 6.57. The molecule has 0 unspecified atom stereocenters. The van der Waals surface area contributed by atoms with Gasteiger partial charge < -0.3 is 4.74 Å². The second-order valence-electron chi connectivity index (χ2n) is 4.92. The van der Waals surface area contributed by atoms with Crippen molar-refractivity contribution in [3.63, 3.8) is 0 Å². The summed E-state index contributed by atoms with van der Waals surface area (Å²) in [5, 5.41) is 0. The zero-order chi connectivity index (χ0) is 14.5. The van der Waals surface area contributed by atoms with Gasteiger partial charge in [0.2, 0.25) is 10.0 Å². The van der Waals surface area contributed by atoms with Crippen molar-refractivity contribution in [2.24, 2.45) is 5.92 Å². The zero-order valence-electron chi connectivity index (χ0n) is 12.1. The Morgan fingerprint density at radius 3 is 2.53 bits per heavy atom. The van der Waals surface area contributed by atoms with Crippen LogP contribution in [0.25, 0.3) is 0 Å². The quantitative estimate of drug-likeness (QED) is 0.837. The Balaban J connectivity index is 2.98. The maximum atomic E-state index is 12.3. The summed E-state index contributed by atoms with van der Waals surface area (Å²) < 4.78 is 32.3. The minimum absolute atomic E-state index is 0.220. The molecule has 0 aliphatic rings. The summed E-state index contributed by atoms with van der Waals surface area (Å²) in [4.78, 5) is 0.220. The molecule has 0 saturated heterocycles. The summed E-state index contributed by atoms with van der Waals surface area (Å²) in [6.07, 6.45) is 1.60. The van der Waals surface area contributed by atoms with E-state index in [1.807, 2.05) is 13.0 Å². The van der Waals surface area contributed by atoms with Gasteiger partial charge in [-0.15, -0.1) is 0 Å². The highest BCUT2D eigenvalue weighted by Crippen LogP contribution is 2.25. The van der Waals surface area contributed by atoms with Gasteiger partial charge in [0.25, 0.3) is 0 Å². The number of rotatable bonds is 7. The van der Waals surface area contributed by atoms with Crippen LogP contribution < -0.4 is 9.46 Å². The molecule has 108 valence electrons. The van der Waals surface area contributed by atoms with Crippen molar-refractivity contribution >= 4 is 10.0 Å². The lowest BCUT2D eigenvalue weighted by atomic mass is 10.1. The smallest absolute Gasteiger partial charge is 0.244 e. The SMILES string of the molecule is CCc1ccc(OC)c(S(=O)(=O)NCCC(C)C)c1. The van der Waals surface area contributed by atoms with Crippen LogP contribution in [0, 0.1) is 5.92 Å². The fraction of sp³-hybridized carbons (Fsp3) is 0.571. The summed E-state index contributed by atoms with van der Waals surface area (Å²) in [7, 11) is -2.03. The van der Waals surface area contributed by atoms with Gasteiger partial charge in [-0.1, -0.05) is 26.8 Å². The summed E-state index contributed by atoms with van der Waals surface area (Å²) in [5.74, 6) is 0.848. The summed E-state index contributed by atoms with van der Waals surface area (Å²) in [6.45, 7) is 6.56. The first-order valence-corrected chi connectivity index (χ1v) is 8.05. The zero-order valence-corrected chi connectivity index (χ0v) is 12.9. The van der Waals surface area contributed by atoms with Crippen LogP contribution in [0.2, 0.25) is 0 Å². The summed E-state index contributed by atoms with van der Waals surface area (Å²) >= 11 is 0. The van der Waals surface area contributed by atoms with E-state index < -0.39 is 10.0 Å². The molecule has 5 heteroatoms. The Kier molecular flexibility index (Phi) is 5.82. The molecular formula is C14H23NO3S. The molecule has 0 aliphatic heterocycles. The van der Waals surface area contributed by atoms with Crippen LogP contribution in [0.3, 0.4) is 0 Å². The largest absolute Gasteiger partial charge is 0.495 e. The molecule has 0 fully saturated rings. The van der Waals surface area contributed by atoms with Crippen LogP contribution in [-0.4, -0.2) is 22.1 Å². The Morgan fingerprint density at radius 2 is 2.00 bits per heavy atom. The molecule has 0 saturated carbocycles. The van der Waals surface area contributed by atoms with E-state index in [-0.39, 0.29) is 4.90 Å². The molecule has 0 bridgehead atoms. The standard InChI is InChI=1S/C14H23NO3S/c1-5-12-6-7-13(18-4)14(10-12)19(16,17)15-9-8-11(2)3/h6-7,10-11,15H,5,8-9H2,1-4H3. The molecule has 0 aromatic heterocycles. The van der Waals surface area contributed by atoms with Crippen LogP contribution >= 0.6 is 0 Å². The molecule has 0 heterocycles. The third-order valence-electron chi connectivity index (χ3n) is 2.94. The van der Waals surface area contributed by atoms with Crippen LogP contribution in [0.1, 0.15) is 32.8 Å². The maximum Gasteiger partial charge on any atom is 0.244 e. The monoisotopic (exact) mass is 285 g/mol. The molecular weight excluding hydrogens is 262 g/mol. The van der Waals surface area contributed by atoms with Gasteiger partial charge in [-0.05, 0) is 36.5 Å². The van der Waals surface area contributed by atoms with Gasteiger partial charge in [-0.3, -0.25) is 0 Å². The molecule has 19 heavy (non-hydrogen) atoms. The van der Waals surface area contributed by atoms with E-state index in [9.17, 15) is 8.42 Å². The van der Waals surface area contributed by atoms with Gasteiger partial charge in [0.15, 0.2) is 0 Å². The topological polar surface area (TPSA) is 55.4 Å². The average Bonchev–Trinajstić information content (AvgIpc) is 2.37. The number of hydrogen-bond acceptors (Lipinski definition) is 3. The fourth-order valence-electron chi connectivity index (χ4n) is 1.71. The number of aryl methyl sites for hydroxylation is 1. The number of nitrogens with one attached hydrogen (secondary N) is 1. The van der Waals surface area contributed by atoms with Crippen molar-refractivity contribution in [1.82, 2.24) is 4.72 Å². The van der Waals surface area contributed by atoms with Gasteiger partial charge in [0.1, 0.15) is 10.6 Å². The highest BCUT2D eigenvalue weighted by molar-refractivity contribution is 7.89. The molecule has 4 nitrogen and oxygen atoms in total. The minimum Gasteiger partial charge on any atom is -0.495 e. The Hall–Kier alpha value is -1.07. The van der Waals surface area contributed by atoms with E-state index in [1.165, 1.54) is 7.11 Å². The second kappa shape index (κ2) is 6.91. The highest BCUT2D eigenvalue weighted by Gasteiger charge is 2.19. The highest BCUT2D eigenvalue weighted by atomic mass is 32.2. The van der Waals surface area contributed by atoms with Gasteiger partial charge in [0.05, 0.1) is 7.11 Å². The van der Waals surface area contributed by atoms with Crippen LogP contribution in [-0.2, 0) is 16.4 Å². The summed E-state index contributed by atoms with van der Waals surface area (Å²) in [5.41, 5.74) is 0.977. The van der Waals surface area contributed by atoms with E-state index >= 15 is 0 Å². The molecule has 1 rings (SSSR count). The predicted octanol–water partition coefficient (Wildman–Crippen LogP) is 2.58. The van der Waals surface area contributed by atoms with Crippen molar-refractivity contribution in [2.45, 2.75) is 38.5 Å². The van der Waals surface area contributed by atoms with Crippen LogP contribution in [0.15, 0.2) is 23.1 Å². The maximum absolute atomic E-state index is 12.3. The first-order chi connectivity index (χ1) is 8.90. The number of benzene rings is 1. The molecule has 1 aromatic carbocycles. The molecule has 1 aromatic rings. The lowest BCUT2D eigenvalue weighted by molar-refractivity contribution is 0.402. The number of ether oxygens (including phenoxy) is 1. The van der Waals surface area contributed by atoms with Crippen molar-refractivity contribution in [3.05, 3.63) is 23.8 Å². The molecule has 1 N–H and O–H groups in total. The predicted molar refractivity (Wildman–Crippen MR) is 77.0 cm³/mol. The average molecular weight is 285 g/mol. The third kappa shape index (κ3) is 4.51. The van der Waals surface area contributed by atoms with Crippen molar-refractivity contribution in [1.29, 1.82) is 0 Å². The number of hydrogen-bond donors (Lipinski definition) is 1. The van der Waals surface area contributed by atoms with Crippen LogP contribution in [0.5, 0.6) is 5.75 Å². The van der Waals surface area contributed by atoms with E-state index in [1.54, 1.807) is 12.1 Å². The fourth-order valence-corrected chi connectivity index (χ4v) is 2.98. The van der Waals surface area contributed by atoms with Gasteiger partial charge in [0, 0.05) is 6.54 Å². The minimum atomic E-state index is -3.51. The Bertz CT molecular complexity index is 509. The van der Waals surface area contributed by atoms with Gasteiger partial charge in [-0.2, -0.15) is 0 Å². The third-order valence-corrected chi connectivity index (χ3v) is 4.42. The Morgan fingerprint density at radius 1 is 1.32 bits per heavy atom. The lowest BCUT2D eigenvalue weighted by Crippen LogP contribution is -2.26. The Labute approximate surface area is 116 Å². The first kappa shape index (κ1) is 16.0. The van der Waals surface area contributed by atoms with Crippen molar-refractivity contribution < 1.29 is 13.2 Å². The van der Waals surface area contributed by atoms with Crippen molar-refractivity contribution in [3.8, 4) is 5.75 Å². The normalized spacial score (nSPS) is 11.8. The molecule has 0 aliphatic carbocycles.